The lowest BCUT2D eigenvalue weighted by atomic mass is 9.35. The van der Waals surface area contributed by atoms with E-state index in [0.29, 0.717) is 19.4 Å². The van der Waals surface area contributed by atoms with Gasteiger partial charge in [-0.2, -0.15) is 0 Å². The maximum Gasteiger partial charge on any atom is 0.187 e. The molecule has 12 unspecified atom stereocenters. The Hall–Kier alpha value is -1.30. The maximum absolute atomic E-state index is 12.3. The number of hydrogen-bond donors (Lipinski definition) is 14. The summed E-state index contributed by atoms with van der Waals surface area (Å²) in [6.45, 7) is 14.8. The van der Waals surface area contributed by atoms with Gasteiger partial charge in [-0.25, -0.2) is 0 Å². The fourth-order valence-electron chi connectivity index (χ4n) is 18.3. The van der Waals surface area contributed by atoms with Gasteiger partial charge in [0.05, 0.1) is 56.9 Å². The summed E-state index contributed by atoms with van der Waals surface area (Å²) in [5.74, 6) is -0.440. The molecule has 26 heteroatoms. The minimum Gasteiger partial charge on any atom is -0.394 e. The Balaban J connectivity index is 0.870. The zero-order valence-electron chi connectivity index (χ0n) is 49.2. The highest BCUT2D eigenvalue weighted by molar-refractivity contribution is 5.27. The topological polar surface area (TPSA) is 394 Å². The van der Waals surface area contributed by atoms with Crippen molar-refractivity contribution in [3.63, 3.8) is 0 Å². The van der Waals surface area contributed by atoms with E-state index in [2.05, 4.69) is 33.8 Å². The third kappa shape index (κ3) is 10.5. The second kappa shape index (κ2) is 23.4. The Morgan fingerprint density at radius 3 is 1.93 bits per heavy atom. The van der Waals surface area contributed by atoms with Gasteiger partial charge >= 0.3 is 0 Å². The first-order chi connectivity index (χ1) is 39.4. The first-order valence-electron chi connectivity index (χ1n) is 30.3. The largest absolute Gasteiger partial charge is 0.394 e. The molecule has 0 amide bonds. The third-order valence-electron chi connectivity index (χ3n) is 22.5. The molecule has 11 aliphatic rings. The first-order valence-corrected chi connectivity index (χ1v) is 30.3. The van der Waals surface area contributed by atoms with Gasteiger partial charge in [0.2, 0.25) is 0 Å². The van der Waals surface area contributed by atoms with Gasteiger partial charge in [0.1, 0.15) is 104 Å². The summed E-state index contributed by atoms with van der Waals surface area (Å²) >= 11 is 0. The molecule has 0 radical (unpaired) electrons. The van der Waals surface area contributed by atoms with Gasteiger partial charge < -0.3 is 128 Å². The molecule has 7 saturated heterocycles. The second-order valence-corrected chi connectivity index (χ2v) is 28.2. The van der Waals surface area contributed by atoms with Crippen molar-refractivity contribution in [1.82, 2.24) is 0 Å². The average molecular weight is 1210 g/mol. The van der Waals surface area contributed by atoms with Crippen LogP contribution in [-0.2, 0) is 56.8 Å². The molecule has 2 spiro atoms. The summed E-state index contributed by atoms with van der Waals surface area (Å²) in [5.41, 5.74) is -0.980. The van der Waals surface area contributed by atoms with Crippen LogP contribution in [0.4, 0.5) is 0 Å². The quantitative estimate of drug-likeness (QED) is 0.0658. The van der Waals surface area contributed by atoms with Crippen LogP contribution in [0.1, 0.15) is 107 Å². The lowest BCUT2D eigenvalue weighted by Crippen LogP contribution is -2.68. The number of hydrogen-bond acceptors (Lipinski definition) is 26. The van der Waals surface area contributed by atoms with Gasteiger partial charge in [0.25, 0.3) is 0 Å². The zero-order valence-corrected chi connectivity index (χ0v) is 49.2. The summed E-state index contributed by atoms with van der Waals surface area (Å²) in [6, 6.07) is 0. The van der Waals surface area contributed by atoms with E-state index < -0.39 is 191 Å². The van der Waals surface area contributed by atoms with Crippen LogP contribution >= 0.6 is 0 Å². The molecule has 34 atom stereocenters. The molecule has 0 aromatic carbocycles. The van der Waals surface area contributed by atoms with Gasteiger partial charge in [-0.05, 0) is 100 Å². The van der Waals surface area contributed by atoms with E-state index in [9.17, 15) is 71.5 Å². The van der Waals surface area contributed by atoms with Crippen molar-refractivity contribution in [3.05, 3.63) is 11.6 Å². The highest BCUT2D eigenvalue weighted by Gasteiger charge is 2.81. The molecule has 2 bridgehead atoms. The van der Waals surface area contributed by atoms with E-state index in [4.69, 9.17) is 56.8 Å². The molecule has 4 aliphatic carbocycles. The summed E-state index contributed by atoms with van der Waals surface area (Å²) in [6.07, 6.45) is -31.8. The number of aliphatic hydroxyl groups is 14. The van der Waals surface area contributed by atoms with Crippen molar-refractivity contribution >= 4 is 0 Å². The molecule has 7 heterocycles. The van der Waals surface area contributed by atoms with Crippen molar-refractivity contribution in [2.45, 2.75) is 272 Å². The van der Waals surface area contributed by atoms with Crippen LogP contribution in [0.3, 0.4) is 0 Å². The molecule has 84 heavy (non-hydrogen) atoms. The molecule has 11 rings (SSSR count). The van der Waals surface area contributed by atoms with Crippen molar-refractivity contribution in [3.8, 4) is 0 Å². The molecule has 11 fully saturated rings. The second-order valence-electron chi connectivity index (χ2n) is 28.2. The Morgan fingerprint density at radius 1 is 0.583 bits per heavy atom. The minimum atomic E-state index is -2.04. The number of allylic oxidation sites excluding steroid dienone is 1. The van der Waals surface area contributed by atoms with Crippen molar-refractivity contribution in [2.24, 2.45) is 45.3 Å². The van der Waals surface area contributed by atoms with Crippen molar-refractivity contribution in [1.29, 1.82) is 0 Å². The summed E-state index contributed by atoms with van der Waals surface area (Å²) in [4.78, 5) is 0. The van der Waals surface area contributed by atoms with Crippen LogP contribution in [0.25, 0.3) is 0 Å². The fourth-order valence-corrected chi connectivity index (χ4v) is 18.3. The molecule has 0 aromatic heterocycles. The first kappa shape index (κ1) is 64.2. The van der Waals surface area contributed by atoms with Gasteiger partial charge in [0, 0.05) is 24.2 Å². The van der Waals surface area contributed by atoms with Gasteiger partial charge in [-0.1, -0.05) is 39.3 Å². The number of aliphatic hydroxyl groups excluding tert-OH is 13. The molecule has 4 saturated carbocycles. The standard InChI is InChI=1S/C58H94O26/c1-23(2)15-25-16-56(8,72)47-26-9-10-32-54(6)13-12-33(53(4,5)31(54)11-14-55(32,7)57(26)21-58(47,84-25)76-22-57)80-51-46(83-50-43(71)38(66)34(62)24(3)77-50)44(28(61)19-74-51)81-52-45(82-49-41(69)35(63)27(60)18-73-49)40(68)37(65)30(79-52)20-75-48-42(70)39(67)36(64)29(17-59)78-48/h15,24-52,59-72H,9-14,16-22H2,1-8H3/t24?,25?,26?,27-,28-,29-,30-,31?,32?,33?,34-,35-,36-,37-,38+,39-,40-,41-,42-,43-,44-,45-,46-,47?,48-,49+,50+,51+,52+,54?,55?,56?,57?,58?/m1/s1. The van der Waals surface area contributed by atoms with Gasteiger partial charge in [-0.15, -0.1) is 0 Å². The Kier molecular flexibility index (Phi) is 17.9. The van der Waals surface area contributed by atoms with Crippen molar-refractivity contribution in [2.75, 3.05) is 33.0 Å². The van der Waals surface area contributed by atoms with E-state index >= 15 is 0 Å². The molecule has 26 nitrogen and oxygen atoms in total. The van der Waals surface area contributed by atoms with E-state index in [1.807, 2.05) is 20.8 Å². The normalized spacial score (nSPS) is 57.1. The van der Waals surface area contributed by atoms with Crippen LogP contribution in [0.5, 0.6) is 0 Å². The summed E-state index contributed by atoms with van der Waals surface area (Å²) in [7, 11) is 0. The van der Waals surface area contributed by atoms with Crippen LogP contribution in [-0.4, -0.2) is 269 Å². The van der Waals surface area contributed by atoms with E-state index in [0.717, 1.165) is 44.1 Å². The van der Waals surface area contributed by atoms with E-state index in [1.165, 1.54) is 6.92 Å². The predicted octanol–water partition coefficient (Wildman–Crippen LogP) is -2.72. The lowest BCUT2D eigenvalue weighted by molar-refractivity contribution is -0.401. The van der Waals surface area contributed by atoms with E-state index in [-0.39, 0.29) is 46.0 Å². The fraction of sp³-hybridized carbons (Fsp3) is 0.966. The average Bonchev–Trinajstić information content (AvgIpc) is 1.44. The predicted molar refractivity (Wildman–Crippen MR) is 283 cm³/mol. The summed E-state index contributed by atoms with van der Waals surface area (Å²) < 4.78 is 75.5. The van der Waals surface area contributed by atoms with Crippen molar-refractivity contribution < 1.29 is 128 Å². The molecule has 7 aliphatic heterocycles. The van der Waals surface area contributed by atoms with Crippen LogP contribution in [0.2, 0.25) is 0 Å². The third-order valence-corrected chi connectivity index (χ3v) is 22.5. The molecular weight excluding hydrogens is 1110 g/mol. The summed E-state index contributed by atoms with van der Waals surface area (Å²) in [5, 5.41) is 154. The Morgan fingerprint density at radius 2 is 1.21 bits per heavy atom. The number of fused-ring (bicyclic) bond motifs is 4. The van der Waals surface area contributed by atoms with Crippen LogP contribution in [0.15, 0.2) is 11.6 Å². The minimum absolute atomic E-state index is 0.110. The number of ether oxygens (including phenoxy) is 12. The molecule has 0 aromatic rings. The van der Waals surface area contributed by atoms with Crippen LogP contribution < -0.4 is 0 Å². The highest BCUT2D eigenvalue weighted by Crippen LogP contribution is 2.80. The molecule has 482 valence electrons. The SMILES string of the molecule is CC(C)=CC1CC(C)(O)C2C3CCC4C5(C)CCC(O[C@@H]6OC[C@@H](O)[C@@H](O[C@@H]7O[C@H](CO[C@@H]8O[C@H](CO)[C@@H](O)[C@@H](O)[C@H]8O)[C@@H](O)[C@@H](O)[C@H]7O[C@@H]7OC[C@@H](O)[C@@H](O)[C@H]7O)[C@H]6O[C@@H]6OC(C)[C@@H](O)[C@H](O)[C@H]6O)C(C)(C)C5CCC4(C)C34COC2(C4)O1. The van der Waals surface area contributed by atoms with Gasteiger partial charge in [-0.3, -0.25) is 0 Å². The van der Waals surface area contributed by atoms with E-state index in [1.54, 1.807) is 0 Å². The Bertz CT molecular complexity index is 2330. The molecule has 14 N–H and O–H groups in total. The van der Waals surface area contributed by atoms with Gasteiger partial charge in [0.15, 0.2) is 37.2 Å². The highest BCUT2D eigenvalue weighted by atomic mass is 16.8. The molecular formula is C58H94O26. The maximum atomic E-state index is 12.3. The monoisotopic (exact) mass is 1210 g/mol. The zero-order chi connectivity index (χ0) is 60.7. The smallest absolute Gasteiger partial charge is 0.187 e. The van der Waals surface area contributed by atoms with Crippen LogP contribution in [0, 0.1) is 45.3 Å². The lowest BCUT2D eigenvalue weighted by Gasteiger charge is -2.70. The Labute approximate surface area is 488 Å². The number of rotatable bonds is 13.